The molecule has 0 aliphatic heterocycles. The fourth-order valence-electron chi connectivity index (χ4n) is 1.16. The fraction of sp³-hybridized carbons (Fsp3) is 0.364. The molecule has 0 fully saturated rings. The Labute approximate surface area is 83.6 Å². The van der Waals surface area contributed by atoms with Crippen LogP contribution in [0.2, 0.25) is 0 Å². The zero-order chi connectivity index (χ0) is 10.6. The molecule has 2 atom stereocenters. The van der Waals surface area contributed by atoms with Crippen LogP contribution in [0.3, 0.4) is 0 Å². The van der Waals surface area contributed by atoms with Crippen LogP contribution in [0.5, 0.6) is 5.75 Å². The SMILES string of the molecule is COc1ccc(C(O)C(C)C#N)cc1. The van der Waals surface area contributed by atoms with Crippen molar-refractivity contribution >= 4 is 0 Å². The first kappa shape index (κ1) is 10.6. The minimum absolute atomic E-state index is 0.400. The summed E-state index contributed by atoms with van der Waals surface area (Å²) in [5, 5.41) is 18.3. The average Bonchev–Trinajstić information content (AvgIpc) is 2.27. The predicted octanol–water partition coefficient (Wildman–Crippen LogP) is 1.89. The lowest BCUT2D eigenvalue weighted by molar-refractivity contribution is 0.142. The highest BCUT2D eigenvalue weighted by Crippen LogP contribution is 2.23. The zero-order valence-electron chi connectivity index (χ0n) is 8.27. The van der Waals surface area contributed by atoms with Crippen LogP contribution in [-0.2, 0) is 0 Å². The summed E-state index contributed by atoms with van der Waals surface area (Å²) in [5.41, 5.74) is 0.736. The van der Waals surface area contributed by atoms with Gasteiger partial charge in [0.15, 0.2) is 0 Å². The lowest BCUT2D eigenvalue weighted by Crippen LogP contribution is -2.06. The zero-order valence-corrected chi connectivity index (χ0v) is 8.27. The molecule has 0 heterocycles. The summed E-state index contributed by atoms with van der Waals surface area (Å²) in [5.74, 6) is 0.342. The summed E-state index contributed by atoms with van der Waals surface area (Å²) in [7, 11) is 1.59. The second kappa shape index (κ2) is 4.64. The Bertz CT molecular complexity index is 326. The number of ether oxygens (including phenoxy) is 1. The number of aliphatic hydroxyl groups is 1. The minimum atomic E-state index is -0.731. The molecule has 0 amide bonds. The number of methoxy groups -OCH3 is 1. The number of benzene rings is 1. The van der Waals surface area contributed by atoms with Crippen molar-refractivity contribution in [3.63, 3.8) is 0 Å². The van der Waals surface area contributed by atoms with Gasteiger partial charge in [0.05, 0.1) is 25.2 Å². The molecule has 1 aromatic carbocycles. The first-order valence-electron chi connectivity index (χ1n) is 4.40. The molecule has 0 radical (unpaired) electrons. The van der Waals surface area contributed by atoms with E-state index < -0.39 is 12.0 Å². The van der Waals surface area contributed by atoms with Gasteiger partial charge in [0.1, 0.15) is 5.75 Å². The standard InChI is InChI=1S/C11H13NO2/c1-8(7-12)11(13)9-3-5-10(14-2)6-4-9/h3-6,8,11,13H,1-2H3. The summed E-state index contributed by atoms with van der Waals surface area (Å²) >= 11 is 0. The lowest BCUT2D eigenvalue weighted by atomic mass is 9.99. The van der Waals surface area contributed by atoms with Crippen LogP contribution in [0.4, 0.5) is 0 Å². The molecule has 14 heavy (non-hydrogen) atoms. The first-order valence-corrected chi connectivity index (χ1v) is 4.40. The van der Waals surface area contributed by atoms with Gasteiger partial charge in [-0.25, -0.2) is 0 Å². The van der Waals surface area contributed by atoms with Gasteiger partial charge in [-0.3, -0.25) is 0 Å². The number of nitrogens with zero attached hydrogens (tertiary/aromatic N) is 1. The van der Waals surface area contributed by atoms with E-state index in [1.807, 2.05) is 6.07 Å². The highest BCUT2D eigenvalue weighted by Gasteiger charge is 2.15. The predicted molar refractivity (Wildman–Crippen MR) is 52.7 cm³/mol. The molecule has 74 valence electrons. The third-order valence-electron chi connectivity index (χ3n) is 2.13. The van der Waals surface area contributed by atoms with Gasteiger partial charge in [-0.15, -0.1) is 0 Å². The molecular formula is C11H13NO2. The first-order chi connectivity index (χ1) is 6.69. The number of aliphatic hydroxyl groups excluding tert-OH is 1. The van der Waals surface area contributed by atoms with Crippen molar-refractivity contribution in [1.82, 2.24) is 0 Å². The van der Waals surface area contributed by atoms with Crippen molar-refractivity contribution in [2.45, 2.75) is 13.0 Å². The van der Waals surface area contributed by atoms with Crippen LogP contribution in [-0.4, -0.2) is 12.2 Å². The van der Waals surface area contributed by atoms with Gasteiger partial charge in [-0.05, 0) is 24.6 Å². The summed E-state index contributed by atoms with van der Waals surface area (Å²) < 4.78 is 4.99. The van der Waals surface area contributed by atoms with E-state index in [1.165, 1.54) is 0 Å². The second-order valence-electron chi connectivity index (χ2n) is 3.14. The summed E-state index contributed by atoms with van der Waals surface area (Å²) in [6, 6.07) is 9.07. The Morgan fingerprint density at radius 3 is 2.36 bits per heavy atom. The number of hydrogen-bond acceptors (Lipinski definition) is 3. The van der Waals surface area contributed by atoms with Gasteiger partial charge in [-0.2, -0.15) is 5.26 Å². The number of nitriles is 1. The minimum Gasteiger partial charge on any atom is -0.497 e. The molecule has 3 heteroatoms. The van der Waals surface area contributed by atoms with Gasteiger partial charge in [-0.1, -0.05) is 12.1 Å². The monoisotopic (exact) mass is 191 g/mol. The van der Waals surface area contributed by atoms with Crippen molar-refractivity contribution in [1.29, 1.82) is 5.26 Å². The Hall–Kier alpha value is -1.53. The third kappa shape index (κ3) is 2.24. The van der Waals surface area contributed by atoms with E-state index in [0.717, 1.165) is 11.3 Å². The molecule has 0 aliphatic rings. The van der Waals surface area contributed by atoms with Gasteiger partial charge in [0.25, 0.3) is 0 Å². The molecule has 0 bridgehead atoms. The molecule has 1 N–H and O–H groups in total. The Morgan fingerprint density at radius 2 is 1.93 bits per heavy atom. The Morgan fingerprint density at radius 1 is 1.36 bits per heavy atom. The van der Waals surface area contributed by atoms with Crippen LogP contribution in [0, 0.1) is 17.2 Å². The normalized spacial score (nSPS) is 14.1. The van der Waals surface area contributed by atoms with Gasteiger partial charge < -0.3 is 9.84 Å². The molecule has 1 aromatic rings. The quantitative estimate of drug-likeness (QED) is 0.793. The summed E-state index contributed by atoms with van der Waals surface area (Å²) in [6.07, 6.45) is -0.731. The van der Waals surface area contributed by atoms with Crippen molar-refractivity contribution in [2.75, 3.05) is 7.11 Å². The smallest absolute Gasteiger partial charge is 0.118 e. The van der Waals surface area contributed by atoms with Crippen LogP contribution in [0.15, 0.2) is 24.3 Å². The maximum Gasteiger partial charge on any atom is 0.118 e. The molecule has 3 nitrogen and oxygen atoms in total. The van der Waals surface area contributed by atoms with E-state index >= 15 is 0 Å². The summed E-state index contributed by atoms with van der Waals surface area (Å²) in [4.78, 5) is 0. The van der Waals surface area contributed by atoms with Crippen molar-refractivity contribution in [3.05, 3.63) is 29.8 Å². The van der Waals surface area contributed by atoms with Crippen LogP contribution in [0.1, 0.15) is 18.6 Å². The highest BCUT2D eigenvalue weighted by molar-refractivity contribution is 5.29. The molecule has 0 aromatic heterocycles. The van der Waals surface area contributed by atoms with Crippen LogP contribution < -0.4 is 4.74 Å². The fourth-order valence-corrected chi connectivity index (χ4v) is 1.16. The van der Waals surface area contributed by atoms with E-state index in [9.17, 15) is 5.11 Å². The van der Waals surface area contributed by atoms with Gasteiger partial charge in [0.2, 0.25) is 0 Å². The Balaban J connectivity index is 2.82. The molecule has 0 aliphatic carbocycles. The van der Waals surface area contributed by atoms with Crippen molar-refractivity contribution in [3.8, 4) is 11.8 Å². The largest absolute Gasteiger partial charge is 0.497 e. The van der Waals surface area contributed by atoms with E-state index in [4.69, 9.17) is 10.00 Å². The van der Waals surface area contributed by atoms with Crippen LogP contribution in [0.25, 0.3) is 0 Å². The molecule has 2 unspecified atom stereocenters. The number of hydrogen-bond donors (Lipinski definition) is 1. The average molecular weight is 191 g/mol. The van der Waals surface area contributed by atoms with E-state index in [1.54, 1.807) is 38.3 Å². The van der Waals surface area contributed by atoms with Gasteiger partial charge >= 0.3 is 0 Å². The second-order valence-corrected chi connectivity index (χ2v) is 3.14. The molecule has 0 spiro atoms. The van der Waals surface area contributed by atoms with E-state index in [2.05, 4.69) is 0 Å². The van der Waals surface area contributed by atoms with E-state index in [-0.39, 0.29) is 0 Å². The highest BCUT2D eigenvalue weighted by atomic mass is 16.5. The molecule has 0 saturated heterocycles. The topological polar surface area (TPSA) is 53.2 Å². The van der Waals surface area contributed by atoms with Crippen molar-refractivity contribution < 1.29 is 9.84 Å². The van der Waals surface area contributed by atoms with Gasteiger partial charge in [0, 0.05) is 0 Å². The van der Waals surface area contributed by atoms with Crippen molar-refractivity contribution in [2.24, 2.45) is 5.92 Å². The lowest BCUT2D eigenvalue weighted by Gasteiger charge is -2.12. The molecule has 0 saturated carbocycles. The summed E-state index contributed by atoms with van der Waals surface area (Å²) in [6.45, 7) is 1.69. The molecular weight excluding hydrogens is 178 g/mol. The van der Waals surface area contributed by atoms with Crippen LogP contribution >= 0.6 is 0 Å². The maximum absolute atomic E-state index is 9.69. The third-order valence-corrected chi connectivity index (χ3v) is 2.13. The van der Waals surface area contributed by atoms with E-state index in [0.29, 0.717) is 0 Å². The number of rotatable bonds is 3. The Kier molecular flexibility index (Phi) is 3.49. The molecule has 1 rings (SSSR count). The maximum atomic E-state index is 9.69.